The summed E-state index contributed by atoms with van der Waals surface area (Å²) < 4.78 is 6.60. The number of hydrogen-bond acceptors (Lipinski definition) is 4. The highest BCUT2D eigenvalue weighted by atomic mass is 16.5. The summed E-state index contributed by atoms with van der Waals surface area (Å²) in [6, 6.07) is -0.273. The summed E-state index contributed by atoms with van der Waals surface area (Å²) in [5.41, 5.74) is 0.890. The summed E-state index contributed by atoms with van der Waals surface area (Å²) in [5.74, 6) is -0.231. The van der Waals surface area contributed by atoms with E-state index in [9.17, 15) is 4.79 Å². The fraction of sp³-hybridized carbons (Fsp3) is 0.600. The molecule has 1 rings (SSSR count). The van der Waals surface area contributed by atoms with Gasteiger partial charge in [-0.15, -0.1) is 0 Å². The molecule has 0 N–H and O–H groups in total. The van der Waals surface area contributed by atoms with Gasteiger partial charge in [0.25, 0.3) is 0 Å². The summed E-state index contributed by atoms with van der Waals surface area (Å²) >= 11 is 0. The first kappa shape index (κ1) is 11.7. The third-order valence-electron chi connectivity index (χ3n) is 2.26. The molecule has 0 saturated heterocycles. The number of nitrogens with zero attached hydrogens (tertiary/aromatic N) is 3. The number of ether oxygens (including phenoxy) is 1. The van der Waals surface area contributed by atoms with E-state index in [-0.39, 0.29) is 12.0 Å². The molecule has 1 aromatic heterocycles. The van der Waals surface area contributed by atoms with Gasteiger partial charge in [0.15, 0.2) is 0 Å². The van der Waals surface area contributed by atoms with Crippen LogP contribution in [-0.4, -0.2) is 47.7 Å². The first-order valence-corrected chi connectivity index (χ1v) is 4.75. The molecule has 0 aliphatic heterocycles. The van der Waals surface area contributed by atoms with E-state index in [1.807, 2.05) is 36.8 Å². The molecule has 15 heavy (non-hydrogen) atoms. The van der Waals surface area contributed by atoms with Crippen LogP contribution in [0.15, 0.2) is 12.5 Å². The molecule has 0 radical (unpaired) electrons. The van der Waals surface area contributed by atoms with Gasteiger partial charge in [0.1, 0.15) is 6.04 Å². The second-order valence-electron chi connectivity index (χ2n) is 3.74. The molecule has 0 bridgehead atoms. The van der Waals surface area contributed by atoms with Gasteiger partial charge in [-0.25, -0.2) is 4.98 Å². The van der Waals surface area contributed by atoms with Crippen molar-refractivity contribution in [2.75, 3.05) is 21.2 Å². The number of methoxy groups -OCH3 is 1. The molecule has 1 aromatic rings. The zero-order valence-electron chi connectivity index (χ0n) is 9.60. The quantitative estimate of drug-likeness (QED) is 0.661. The molecular formula is C10H17N3O2. The second-order valence-corrected chi connectivity index (χ2v) is 3.74. The van der Waals surface area contributed by atoms with Crippen LogP contribution in [0.25, 0.3) is 0 Å². The number of hydrogen-bond donors (Lipinski definition) is 0. The van der Waals surface area contributed by atoms with Crippen LogP contribution in [0.4, 0.5) is 0 Å². The molecule has 5 heteroatoms. The van der Waals surface area contributed by atoms with E-state index in [0.717, 1.165) is 5.69 Å². The Bertz CT molecular complexity index is 333. The highest BCUT2D eigenvalue weighted by Crippen LogP contribution is 2.05. The van der Waals surface area contributed by atoms with Gasteiger partial charge in [-0.2, -0.15) is 0 Å². The fourth-order valence-corrected chi connectivity index (χ4v) is 1.38. The molecule has 0 saturated carbocycles. The SMILES string of the molecule is COC(=O)[C@H](Cc1cn(C)cn1)N(C)C. The predicted octanol–water partition coefficient (Wildman–Crippen LogP) is 0.0658. The Hall–Kier alpha value is -1.36. The Morgan fingerprint density at radius 2 is 2.33 bits per heavy atom. The van der Waals surface area contributed by atoms with E-state index < -0.39 is 0 Å². The largest absolute Gasteiger partial charge is 0.468 e. The Morgan fingerprint density at radius 1 is 1.67 bits per heavy atom. The normalized spacial score (nSPS) is 12.9. The lowest BCUT2D eigenvalue weighted by Gasteiger charge is -2.20. The first-order valence-electron chi connectivity index (χ1n) is 4.75. The first-order chi connectivity index (χ1) is 7.04. The minimum Gasteiger partial charge on any atom is -0.468 e. The molecule has 84 valence electrons. The molecule has 1 atom stereocenters. The van der Waals surface area contributed by atoms with Gasteiger partial charge in [-0.05, 0) is 14.1 Å². The maximum Gasteiger partial charge on any atom is 0.323 e. The van der Waals surface area contributed by atoms with E-state index in [2.05, 4.69) is 4.98 Å². The van der Waals surface area contributed by atoms with Gasteiger partial charge in [-0.1, -0.05) is 0 Å². The zero-order chi connectivity index (χ0) is 11.4. The fourth-order valence-electron chi connectivity index (χ4n) is 1.38. The monoisotopic (exact) mass is 211 g/mol. The number of imidazole rings is 1. The maximum atomic E-state index is 11.5. The van der Waals surface area contributed by atoms with E-state index in [0.29, 0.717) is 6.42 Å². The van der Waals surface area contributed by atoms with E-state index >= 15 is 0 Å². The molecule has 0 spiro atoms. The number of rotatable bonds is 4. The number of carbonyl (C=O) groups is 1. The number of aromatic nitrogens is 2. The van der Waals surface area contributed by atoms with Crippen molar-refractivity contribution in [3.63, 3.8) is 0 Å². The lowest BCUT2D eigenvalue weighted by molar-refractivity contribution is -0.145. The van der Waals surface area contributed by atoms with Crippen molar-refractivity contribution in [2.24, 2.45) is 7.05 Å². The van der Waals surface area contributed by atoms with Crippen molar-refractivity contribution in [1.29, 1.82) is 0 Å². The van der Waals surface area contributed by atoms with Gasteiger partial charge in [-0.3, -0.25) is 9.69 Å². The standard InChI is InChI=1S/C10H17N3O2/c1-12(2)9(10(14)15-4)5-8-6-13(3)7-11-8/h6-7,9H,5H2,1-4H3/t9-/m0/s1. The molecule has 0 amide bonds. The van der Waals surface area contributed by atoms with Crippen molar-refractivity contribution in [2.45, 2.75) is 12.5 Å². The maximum absolute atomic E-state index is 11.5. The highest BCUT2D eigenvalue weighted by Gasteiger charge is 2.22. The smallest absolute Gasteiger partial charge is 0.323 e. The Kier molecular flexibility index (Phi) is 3.85. The van der Waals surface area contributed by atoms with E-state index in [1.54, 1.807) is 6.33 Å². The lowest BCUT2D eigenvalue weighted by atomic mass is 10.1. The van der Waals surface area contributed by atoms with Crippen LogP contribution in [0.2, 0.25) is 0 Å². The molecule has 0 aliphatic carbocycles. The molecule has 0 unspecified atom stereocenters. The zero-order valence-corrected chi connectivity index (χ0v) is 9.60. The molecule has 1 heterocycles. The van der Waals surface area contributed by atoms with Gasteiger partial charge in [0.05, 0.1) is 19.1 Å². The van der Waals surface area contributed by atoms with Gasteiger partial charge in [0, 0.05) is 19.7 Å². The van der Waals surface area contributed by atoms with E-state index in [4.69, 9.17) is 4.74 Å². The van der Waals surface area contributed by atoms with Gasteiger partial charge < -0.3 is 9.30 Å². The van der Waals surface area contributed by atoms with Crippen LogP contribution in [-0.2, 0) is 23.0 Å². The predicted molar refractivity (Wildman–Crippen MR) is 56.4 cm³/mol. The summed E-state index contributed by atoms with van der Waals surface area (Å²) in [6.07, 6.45) is 4.19. The summed E-state index contributed by atoms with van der Waals surface area (Å²) in [7, 11) is 7.01. The Morgan fingerprint density at radius 3 is 2.73 bits per heavy atom. The second kappa shape index (κ2) is 4.93. The lowest BCUT2D eigenvalue weighted by Crippen LogP contribution is -2.38. The summed E-state index contributed by atoms with van der Waals surface area (Å²) in [4.78, 5) is 17.5. The summed E-state index contributed by atoms with van der Waals surface area (Å²) in [6.45, 7) is 0. The molecule has 0 fully saturated rings. The third-order valence-corrected chi connectivity index (χ3v) is 2.26. The van der Waals surface area contributed by atoms with Crippen molar-refractivity contribution in [3.05, 3.63) is 18.2 Å². The van der Waals surface area contributed by atoms with Crippen LogP contribution < -0.4 is 0 Å². The number of carbonyl (C=O) groups excluding carboxylic acids is 1. The summed E-state index contributed by atoms with van der Waals surface area (Å²) in [5, 5.41) is 0. The molecule has 0 aliphatic rings. The van der Waals surface area contributed by atoms with Crippen LogP contribution in [0, 0.1) is 0 Å². The average molecular weight is 211 g/mol. The van der Waals surface area contributed by atoms with Crippen molar-refractivity contribution in [3.8, 4) is 0 Å². The van der Waals surface area contributed by atoms with Gasteiger partial charge in [0.2, 0.25) is 0 Å². The van der Waals surface area contributed by atoms with Crippen molar-refractivity contribution >= 4 is 5.97 Å². The number of likely N-dealkylation sites (N-methyl/N-ethyl adjacent to an activating group) is 1. The van der Waals surface area contributed by atoms with Crippen LogP contribution >= 0.6 is 0 Å². The van der Waals surface area contributed by atoms with Crippen LogP contribution in [0.1, 0.15) is 5.69 Å². The van der Waals surface area contributed by atoms with E-state index in [1.165, 1.54) is 7.11 Å². The topological polar surface area (TPSA) is 47.4 Å². The third kappa shape index (κ3) is 3.06. The molecule has 5 nitrogen and oxygen atoms in total. The van der Waals surface area contributed by atoms with Crippen LogP contribution in [0.5, 0.6) is 0 Å². The van der Waals surface area contributed by atoms with Crippen LogP contribution in [0.3, 0.4) is 0 Å². The minimum absolute atomic E-state index is 0.231. The van der Waals surface area contributed by atoms with Crippen molar-refractivity contribution < 1.29 is 9.53 Å². The molecule has 0 aromatic carbocycles. The van der Waals surface area contributed by atoms with Gasteiger partial charge >= 0.3 is 5.97 Å². The number of esters is 1. The van der Waals surface area contributed by atoms with Crippen molar-refractivity contribution in [1.82, 2.24) is 14.5 Å². The molecular weight excluding hydrogens is 194 g/mol. The highest BCUT2D eigenvalue weighted by molar-refractivity contribution is 5.75. The Labute approximate surface area is 89.7 Å². The Balaban J connectivity index is 2.71. The minimum atomic E-state index is -0.273. The average Bonchev–Trinajstić information content (AvgIpc) is 2.59. The number of aryl methyl sites for hydroxylation is 1.